The van der Waals surface area contributed by atoms with E-state index in [1.807, 2.05) is 42.7 Å². The summed E-state index contributed by atoms with van der Waals surface area (Å²) >= 11 is 9.42. The number of hydrogen-bond donors (Lipinski definition) is 1. The Balaban J connectivity index is 1.54. The average molecular weight is 442 g/mol. The van der Waals surface area contributed by atoms with Gasteiger partial charge in [-0.25, -0.2) is 15.0 Å². The minimum atomic E-state index is -0.345. The van der Waals surface area contributed by atoms with Gasteiger partial charge in [0.25, 0.3) is 0 Å². The number of aromatic nitrogens is 3. The van der Waals surface area contributed by atoms with E-state index in [1.165, 1.54) is 17.7 Å². The van der Waals surface area contributed by atoms with Gasteiger partial charge in [-0.05, 0) is 30.5 Å². The second-order valence-electron chi connectivity index (χ2n) is 6.78. The van der Waals surface area contributed by atoms with Crippen LogP contribution >= 0.6 is 34.7 Å². The standard InChI is InChI=1S/C20H16ClN5OS2/c1-11(25-18-17-19(23-9-22-18)29-10-24-17)14-7-15-16(13(21)8-28-15)20(27)26(14)12-5-3-2-4-6-12/h2-11,15-16H,1H3,(H,22,23,25)/t11-,15?,16?/m0/s1. The van der Waals surface area contributed by atoms with Crippen LogP contribution in [0.15, 0.2) is 64.4 Å². The van der Waals surface area contributed by atoms with E-state index in [2.05, 4.69) is 26.3 Å². The van der Waals surface area contributed by atoms with Crippen molar-refractivity contribution in [1.82, 2.24) is 15.0 Å². The van der Waals surface area contributed by atoms with E-state index < -0.39 is 0 Å². The van der Waals surface area contributed by atoms with Crippen LogP contribution in [-0.4, -0.2) is 32.2 Å². The summed E-state index contributed by atoms with van der Waals surface area (Å²) in [4.78, 5) is 29.0. The smallest absolute Gasteiger partial charge is 0.241 e. The van der Waals surface area contributed by atoms with E-state index >= 15 is 0 Å². The first-order chi connectivity index (χ1) is 14.1. The number of thiazole rings is 1. The molecule has 0 spiro atoms. The molecule has 6 nitrogen and oxygen atoms in total. The summed E-state index contributed by atoms with van der Waals surface area (Å²) in [6, 6.07) is 9.47. The van der Waals surface area contributed by atoms with Crippen molar-refractivity contribution >= 4 is 62.5 Å². The highest BCUT2D eigenvalue weighted by atomic mass is 35.5. The Morgan fingerprint density at radius 2 is 2.03 bits per heavy atom. The summed E-state index contributed by atoms with van der Waals surface area (Å²) in [5, 5.41) is 5.90. The summed E-state index contributed by atoms with van der Waals surface area (Å²) < 4.78 is 0. The van der Waals surface area contributed by atoms with Gasteiger partial charge in [-0.3, -0.25) is 9.69 Å². The number of benzene rings is 1. The molecule has 0 radical (unpaired) electrons. The lowest BCUT2D eigenvalue weighted by molar-refractivity contribution is -0.120. The van der Waals surface area contributed by atoms with Crippen molar-refractivity contribution in [3.8, 4) is 0 Å². The molecule has 9 heteroatoms. The molecule has 2 aromatic heterocycles. The first kappa shape index (κ1) is 18.6. The van der Waals surface area contributed by atoms with E-state index in [0.717, 1.165) is 21.7 Å². The fraction of sp³-hybridized carbons (Fsp3) is 0.200. The quantitative estimate of drug-likeness (QED) is 0.636. The molecule has 4 heterocycles. The second kappa shape index (κ2) is 7.44. The number of carbonyl (C=O) groups excluding carboxylic acids is 1. The molecule has 5 rings (SSSR count). The molecule has 0 bridgehead atoms. The number of amides is 1. The molecule has 0 fully saturated rings. The Hall–Kier alpha value is -2.42. The van der Waals surface area contributed by atoms with Crippen molar-refractivity contribution in [1.29, 1.82) is 0 Å². The molecule has 0 saturated heterocycles. The third-order valence-corrected chi connectivity index (χ3v) is 7.31. The average Bonchev–Trinajstić information content (AvgIpc) is 3.36. The zero-order valence-electron chi connectivity index (χ0n) is 15.3. The molecule has 2 aliphatic heterocycles. The van der Waals surface area contributed by atoms with Crippen molar-refractivity contribution < 1.29 is 4.79 Å². The van der Waals surface area contributed by atoms with Gasteiger partial charge >= 0.3 is 0 Å². The Kier molecular flexibility index (Phi) is 4.77. The van der Waals surface area contributed by atoms with Crippen LogP contribution in [0.25, 0.3) is 10.3 Å². The number of rotatable bonds is 4. The highest BCUT2D eigenvalue weighted by Crippen LogP contribution is 2.45. The van der Waals surface area contributed by atoms with Crippen molar-refractivity contribution in [2.45, 2.75) is 18.2 Å². The summed E-state index contributed by atoms with van der Waals surface area (Å²) in [5.74, 6) is 0.296. The normalized spacial score (nSPS) is 22.3. The zero-order chi connectivity index (χ0) is 20.0. The molecule has 3 atom stereocenters. The van der Waals surface area contributed by atoms with E-state index in [9.17, 15) is 4.79 Å². The monoisotopic (exact) mass is 441 g/mol. The molecule has 146 valence electrons. The van der Waals surface area contributed by atoms with Gasteiger partial charge in [-0.1, -0.05) is 29.8 Å². The van der Waals surface area contributed by atoms with Gasteiger partial charge in [-0.2, -0.15) is 0 Å². The molecular weight excluding hydrogens is 426 g/mol. The fourth-order valence-electron chi connectivity index (χ4n) is 3.63. The summed E-state index contributed by atoms with van der Waals surface area (Å²) in [5.41, 5.74) is 4.18. The number of hydrogen-bond acceptors (Lipinski definition) is 7. The van der Waals surface area contributed by atoms with Crippen LogP contribution < -0.4 is 10.2 Å². The van der Waals surface area contributed by atoms with Crippen LogP contribution in [0.3, 0.4) is 0 Å². The van der Waals surface area contributed by atoms with Gasteiger partial charge in [0.2, 0.25) is 5.91 Å². The zero-order valence-corrected chi connectivity index (χ0v) is 17.7. The van der Waals surface area contributed by atoms with Crippen LogP contribution in [0.4, 0.5) is 11.5 Å². The lowest BCUT2D eigenvalue weighted by Gasteiger charge is -2.37. The highest BCUT2D eigenvalue weighted by molar-refractivity contribution is 8.03. The van der Waals surface area contributed by atoms with Crippen molar-refractivity contribution in [2.75, 3.05) is 10.2 Å². The SMILES string of the molecule is C[C@H](Nc1ncnc2scnc12)C1=CC2SC=C(Cl)C2C(=O)N1c1ccccc1. The lowest BCUT2D eigenvalue weighted by Crippen LogP contribution is -2.46. The highest BCUT2D eigenvalue weighted by Gasteiger charge is 2.43. The summed E-state index contributed by atoms with van der Waals surface area (Å²) in [7, 11) is 0. The van der Waals surface area contributed by atoms with E-state index in [-0.39, 0.29) is 23.1 Å². The first-order valence-corrected chi connectivity index (χ1v) is 11.3. The van der Waals surface area contributed by atoms with Gasteiger partial charge in [0.1, 0.15) is 16.7 Å². The first-order valence-electron chi connectivity index (χ1n) is 9.06. The van der Waals surface area contributed by atoms with Gasteiger partial charge in [0, 0.05) is 21.7 Å². The fourth-order valence-corrected chi connectivity index (χ4v) is 5.78. The number of thioether (sulfide) groups is 1. The summed E-state index contributed by atoms with van der Waals surface area (Å²) in [6.07, 6.45) is 3.66. The predicted octanol–water partition coefficient (Wildman–Crippen LogP) is 4.63. The Bertz CT molecular complexity index is 1150. The molecule has 2 aliphatic rings. The van der Waals surface area contributed by atoms with Crippen LogP contribution in [0, 0.1) is 5.92 Å². The number of nitrogens with one attached hydrogen (secondary N) is 1. The van der Waals surface area contributed by atoms with Gasteiger partial charge in [0.05, 0.1) is 17.5 Å². The number of carbonyl (C=O) groups is 1. The lowest BCUT2D eigenvalue weighted by atomic mass is 9.95. The Morgan fingerprint density at radius 1 is 1.21 bits per heavy atom. The van der Waals surface area contributed by atoms with Crippen LogP contribution in [-0.2, 0) is 4.79 Å². The predicted molar refractivity (Wildman–Crippen MR) is 119 cm³/mol. The van der Waals surface area contributed by atoms with Crippen molar-refractivity contribution in [3.63, 3.8) is 0 Å². The second-order valence-corrected chi connectivity index (χ2v) is 9.10. The minimum Gasteiger partial charge on any atom is -0.360 e. The van der Waals surface area contributed by atoms with Gasteiger partial charge in [0.15, 0.2) is 5.82 Å². The molecule has 29 heavy (non-hydrogen) atoms. The molecule has 3 aromatic rings. The van der Waals surface area contributed by atoms with Crippen molar-refractivity contribution in [2.24, 2.45) is 5.92 Å². The third-order valence-electron chi connectivity index (χ3n) is 4.99. The van der Waals surface area contributed by atoms with Crippen LogP contribution in [0.2, 0.25) is 0 Å². The maximum atomic E-state index is 13.4. The topological polar surface area (TPSA) is 71.0 Å². The molecule has 1 amide bonds. The number of halogens is 1. The largest absolute Gasteiger partial charge is 0.360 e. The Morgan fingerprint density at radius 3 is 2.86 bits per heavy atom. The molecule has 1 aromatic carbocycles. The van der Waals surface area contributed by atoms with E-state index in [1.54, 1.807) is 22.2 Å². The van der Waals surface area contributed by atoms with Gasteiger partial charge in [-0.15, -0.1) is 23.1 Å². The molecule has 2 unspecified atom stereocenters. The number of nitrogens with zero attached hydrogens (tertiary/aromatic N) is 4. The van der Waals surface area contributed by atoms with Crippen molar-refractivity contribution in [3.05, 3.63) is 64.4 Å². The summed E-state index contributed by atoms with van der Waals surface area (Å²) in [6.45, 7) is 2.02. The van der Waals surface area contributed by atoms with Gasteiger partial charge < -0.3 is 5.32 Å². The minimum absolute atomic E-state index is 0.00102. The number of para-hydroxylation sites is 1. The molecule has 0 saturated carbocycles. The number of anilines is 2. The van der Waals surface area contributed by atoms with E-state index in [4.69, 9.17) is 11.6 Å². The van der Waals surface area contributed by atoms with E-state index in [0.29, 0.717) is 10.9 Å². The molecular formula is C20H16ClN5OS2. The maximum absolute atomic E-state index is 13.4. The third kappa shape index (κ3) is 3.21. The number of fused-ring (bicyclic) bond motifs is 2. The van der Waals surface area contributed by atoms with Crippen LogP contribution in [0.1, 0.15) is 6.92 Å². The maximum Gasteiger partial charge on any atom is 0.241 e. The van der Waals surface area contributed by atoms with Crippen LogP contribution in [0.5, 0.6) is 0 Å². The molecule has 0 aliphatic carbocycles. The Labute approximate surface area is 180 Å². The molecule has 1 N–H and O–H groups in total.